The van der Waals surface area contributed by atoms with E-state index < -0.39 is 10.0 Å². The van der Waals surface area contributed by atoms with Gasteiger partial charge in [0.15, 0.2) is 0 Å². The summed E-state index contributed by atoms with van der Waals surface area (Å²) < 4.78 is 27.3. The molecule has 2 heterocycles. The zero-order valence-corrected chi connectivity index (χ0v) is 13.0. The summed E-state index contributed by atoms with van der Waals surface area (Å²) in [5, 5.41) is 4.12. The van der Waals surface area contributed by atoms with Gasteiger partial charge in [0, 0.05) is 37.3 Å². The van der Waals surface area contributed by atoms with Crippen molar-refractivity contribution >= 4 is 20.9 Å². The zero-order valence-electron chi connectivity index (χ0n) is 12.2. The third kappa shape index (κ3) is 2.66. The number of pyridine rings is 1. The average molecular weight is 305 g/mol. The molecule has 0 amide bonds. The molecule has 1 aliphatic rings. The summed E-state index contributed by atoms with van der Waals surface area (Å²) in [5.41, 5.74) is 1.57. The number of hydrogen-bond acceptors (Lipinski definition) is 4. The maximum absolute atomic E-state index is 12.9. The van der Waals surface area contributed by atoms with Crippen LogP contribution in [-0.2, 0) is 10.0 Å². The van der Waals surface area contributed by atoms with Crippen LogP contribution in [-0.4, -0.2) is 43.4 Å². The Morgan fingerprint density at radius 2 is 2.19 bits per heavy atom. The average Bonchev–Trinajstić information content (AvgIpc) is 2.46. The maximum Gasteiger partial charge on any atom is 0.245 e. The van der Waals surface area contributed by atoms with Gasteiger partial charge in [-0.15, -0.1) is 0 Å². The molecule has 112 valence electrons. The van der Waals surface area contributed by atoms with Crippen LogP contribution in [0.15, 0.2) is 35.4 Å². The number of nitrogens with one attached hydrogen (secondary N) is 1. The summed E-state index contributed by atoms with van der Waals surface area (Å²) in [6.07, 6.45) is 1.71. The first-order valence-electron chi connectivity index (χ1n) is 7.07. The fraction of sp³-hybridized carbons (Fsp3) is 0.400. The summed E-state index contributed by atoms with van der Waals surface area (Å²) in [5.74, 6) is 0. The van der Waals surface area contributed by atoms with Gasteiger partial charge in [0.25, 0.3) is 0 Å². The molecule has 0 spiro atoms. The van der Waals surface area contributed by atoms with Gasteiger partial charge in [-0.05, 0) is 31.5 Å². The van der Waals surface area contributed by atoms with Crippen LogP contribution >= 0.6 is 0 Å². The molecule has 5 nitrogen and oxygen atoms in total. The number of sulfonamides is 1. The summed E-state index contributed by atoms with van der Waals surface area (Å²) in [4.78, 5) is 4.64. The summed E-state index contributed by atoms with van der Waals surface area (Å²) in [7, 11) is -3.50. The van der Waals surface area contributed by atoms with Gasteiger partial charge in [-0.3, -0.25) is 4.98 Å². The minimum atomic E-state index is -3.50. The van der Waals surface area contributed by atoms with Crippen LogP contribution in [0.4, 0.5) is 0 Å². The van der Waals surface area contributed by atoms with E-state index >= 15 is 0 Å². The maximum atomic E-state index is 12.9. The van der Waals surface area contributed by atoms with E-state index in [1.807, 2.05) is 26.0 Å². The van der Waals surface area contributed by atoms with Gasteiger partial charge in [-0.1, -0.05) is 12.1 Å². The molecule has 0 bridgehead atoms. The molecule has 6 heteroatoms. The van der Waals surface area contributed by atoms with Gasteiger partial charge in [0.05, 0.1) is 5.52 Å². The number of aryl methyl sites for hydroxylation is 1. The number of para-hydroxylation sites is 1. The Balaban J connectivity index is 2.10. The summed E-state index contributed by atoms with van der Waals surface area (Å²) >= 11 is 0. The van der Waals surface area contributed by atoms with Crippen LogP contribution in [0.25, 0.3) is 10.9 Å². The lowest BCUT2D eigenvalue weighted by atomic mass is 10.2. The van der Waals surface area contributed by atoms with Crippen molar-refractivity contribution in [3.8, 4) is 0 Å². The molecule has 0 unspecified atom stereocenters. The third-order valence-electron chi connectivity index (χ3n) is 3.76. The lowest BCUT2D eigenvalue weighted by Crippen LogP contribution is -2.51. The van der Waals surface area contributed by atoms with Gasteiger partial charge >= 0.3 is 0 Å². The standard InChI is InChI=1S/C15H19N3O2S/c1-11-8-13-4-3-5-14(15(13)17-9-11)21(19,20)18-7-6-16-12(2)10-18/h3-5,8-9,12,16H,6-7,10H2,1-2H3/t12-/m1/s1. The van der Waals surface area contributed by atoms with E-state index in [4.69, 9.17) is 0 Å². The molecule has 3 rings (SSSR count). The Labute approximate surface area is 125 Å². The van der Waals surface area contributed by atoms with Crippen molar-refractivity contribution in [3.63, 3.8) is 0 Å². The van der Waals surface area contributed by atoms with E-state index in [2.05, 4.69) is 10.3 Å². The lowest BCUT2D eigenvalue weighted by Gasteiger charge is -2.31. The molecule has 1 atom stereocenters. The van der Waals surface area contributed by atoms with Gasteiger partial charge < -0.3 is 5.32 Å². The van der Waals surface area contributed by atoms with Crippen molar-refractivity contribution in [3.05, 3.63) is 36.0 Å². The van der Waals surface area contributed by atoms with Gasteiger partial charge in [-0.25, -0.2) is 8.42 Å². The van der Waals surface area contributed by atoms with E-state index in [0.29, 0.717) is 30.0 Å². The van der Waals surface area contributed by atoms with E-state index in [0.717, 1.165) is 10.9 Å². The second-order valence-corrected chi connectivity index (χ2v) is 7.47. The first-order chi connectivity index (χ1) is 9.98. The zero-order chi connectivity index (χ0) is 15.0. The summed E-state index contributed by atoms with van der Waals surface area (Å²) in [6, 6.07) is 7.45. The molecular formula is C15H19N3O2S. The number of rotatable bonds is 2. The second kappa shape index (κ2) is 5.36. The number of fused-ring (bicyclic) bond motifs is 1. The van der Waals surface area contributed by atoms with E-state index in [1.54, 1.807) is 22.6 Å². The fourth-order valence-corrected chi connectivity index (χ4v) is 4.40. The van der Waals surface area contributed by atoms with Crippen LogP contribution in [0.5, 0.6) is 0 Å². The highest BCUT2D eigenvalue weighted by atomic mass is 32.2. The Hall–Kier alpha value is -1.50. The van der Waals surface area contributed by atoms with Crippen LogP contribution in [0.1, 0.15) is 12.5 Å². The molecule has 1 aromatic heterocycles. The van der Waals surface area contributed by atoms with Crippen molar-refractivity contribution in [2.75, 3.05) is 19.6 Å². The van der Waals surface area contributed by atoms with Crippen LogP contribution in [0, 0.1) is 6.92 Å². The number of piperazine rings is 1. The van der Waals surface area contributed by atoms with E-state index in [9.17, 15) is 8.42 Å². The predicted molar refractivity (Wildman–Crippen MR) is 82.7 cm³/mol. The molecule has 0 saturated carbocycles. The van der Waals surface area contributed by atoms with Crippen molar-refractivity contribution in [1.82, 2.24) is 14.6 Å². The summed E-state index contributed by atoms with van der Waals surface area (Å²) in [6.45, 7) is 5.61. The highest BCUT2D eigenvalue weighted by Crippen LogP contribution is 2.25. The van der Waals surface area contributed by atoms with Crippen LogP contribution < -0.4 is 5.32 Å². The fourth-order valence-electron chi connectivity index (χ4n) is 2.71. The minimum Gasteiger partial charge on any atom is -0.312 e. The number of benzene rings is 1. The lowest BCUT2D eigenvalue weighted by molar-refractivity contribution is 0.310. The molecule has 21 heavy (non-hydrogen) atoms. The predicted octanol–water partition coefficient (Wildman–Crippen LogP) is 1.53. The molecule has 2 aromatic rings. The first kappa shape index (κ1) is 14.4. The molecule has 1 N–H and O–H groups in total. The topological polar surface area (TPSA) is 62.3 Å². The molecule has 0 radical (unpaired) electrons. The highest BCUT2D eigenvalue weighted by molar-refractivity contribution is 7.89. The normalized spacial score (nSPS) is 20.8. The first-order valence-corrected chi connectivity index (χ1v) is 8.51. The molecule has 0 aliphatic carbocycles. The van der Waals surface area contributed by atoms with Gasteiger partial charge in [-0.2, -0.15) is 4.31 Å². The Bertz CT molecular complexity index is 774. The van der Waals surface area contributed by atoms with Gasteiger partial charge in [0.1, 0.15) is 4.90 Å². The number of hydrogen-bond donors (Lipinski definition) is 1. The molecule has 1 aromatic carbocycles. The van der Waals surface area contributed by atoms with Crippen LogP contribution in [0.3, 0.4) is 0 Å². The largest absolute Gasteiger partial charge is 0.312 e. The van der Waals surface area contributed by atoms with Crippen LogP contribution in [0.2, 0.25) is 0 Å². The molecule has 1 fully saturated rings. The van der Waals surface area contributed by atoms with Crippen molar-refractivity contribution in [1.29, 1.82) is 0 Å². The molecule has 1 saturated heterocycles. The Kier molecular flexibility index (Phi) is 3.69. The molecular weight excluding hydrogens is 286 g/mol. The SMILES string of the molecule is Cc1cnc2c(S(=O)(=O)N3CCN[C@H](C)C3)cccc2c1. The second-order valence-electron chi connectivity index (χ2n) is 5.56. The van der Waals surface area contributed by atoms with E-state index in [-0.39, 0.29) is 6.04 Å². The Morgan fingerprint density at radius 3 is 2.95 bits per heavy atom. The van der Waals surface area contributed by atoms with Crippen molar-refractivity contribution in [2.24, 2.45) is 0 Å². The Morgan fingerprint density at radius 1 is 1.38 bits per heavy atom. The number of nitrogens with zero attached hydrogens (tertiary/aromatic N) is 2. The van der Waals surface area contributed by atoms with E-state index in [1.165, 1.54) is 0 Å². The third-order valence-corrected chi connectivity index (χ3v) is 5.66. The number of aromatic nitrogens is 1. The smallest absolute Gasteiger partial charge is 0.245 e. The molecule has 1 aliphatic heterocycles. The monoisotopic (exact) mass is 305 g/mol. The quantitative estimate of drug-likeness (QED) is 0.914. The van der Waals surface area contributed by atoms with Crippen molar-refractivity contribution < 1.29 is 8.42 Å². The van der Waals surface area contributed by atoms with Crippen molar-refractivity contribution in [2.45, 2.75) is 24.8 Å². The highest BCUT2D eigenvalue weighted by Gasteiger charge is 2.30. The minimum absolute atomic E-state index is 0.165. The van der Waals surface area contributed by atoms with Gasteiger partial charge in [0.2, 0.25) is 10.0 Å².